The highest BCUT2D eigenvalue weighted by Gasteiger charge is 2.14. The molecule has 6 nitrogen and oxygen atoms in total. The summed E-state index contributed by atoms with van der Waals surface area (Å²) in [7, 11) is 0.0186. The largest absolute Gasteiger partial charge is 0.399 e. The monoisotopic (exact) mass is 259 g/mol. The number of nitrogens with one attached hydrogen (secondary N) is 2. The van der Waals surface area contributed by atoms with E-state index in [4.69, 9.17) is 5.73 Å². The van der Waals surface area contributed by atoms with Crippen molar-refractivity contribution in [1.82, 2.24) is 10.0 Å². The summed E-state index contributed by atoms with van der Waals surface area (Å²) in [5, 5.41) is 2.75. The molecule has 7 heteroatoms. The van der Waals surface area contributed by atoms with Crippen molar-refractivity contribution in [3.63, 3.8) is 0 Å². The zero-order valence-electron chi connectivity index (χ0n) is 10.0. The van der Waals surface area contributed by atoms with E-state index in [1.807, 2.05) is 18.8 Å². The molecule has 0 aliphatic carbocycles. The number of hydrogen-bond acceptors (Lipinski definition) is 5. The first-order valence-corrected chi connectivity index (χ1v) is 6.29. The summed E-state index contributed by atoms with van der Waals surface area (Å²) >= 11 is 0. The first-order chi connectivity index (χ1) is 7.83. The van der Waals surface area contributed by atoms with Gasteiger partial charge in [0.25, 0.3) is 10.0 Å². The molecular formula is C10H17N3O3S. The van der Waals surface area contributed by atoms with E-state index in [9.17, 15) is 13.2 Å². The Balaban J connectivity index is 0.000000770. The van der Waals surface area contributed by atoms with Gasteiger partial charge in [0, 0.05) is 12.6 Å². The molecule has 0 unspecified atom stereocenters. The summed E-state index contributed by atoms with van der Waals surface area (Å²) in [6.07, 6.45) is 0. The lowest BCUT2D eigenvalue weighted by Crippen LogP contribution is -2.28. The standard InChI is InChI=1S/C8H10N2O3S.C2H7N/c1-6(11)10-14(12,13)8-4-2-7(9)3-5-8;1-3-2/h2-5H,9H2,1H3,(H,10,11);3H,1-2H3. The molecule has 4 N–H and O–H groups in total. The zero-order chi connectivity index (χ0) is 13.5. The highest BCUT2D eigenvalue weighted by Crippen LogP contribution is 2.10. The second-order valence-electron chi connectivity index (χ2n) is 3.23. The average Bonchev–Trinajstić information content (AvgIpc) is 2.17. The van der Waals surface area contributed by atoms with E-state index >= 15 is 0 Å². The van der Waals surface area contributed by atoms with Gasteiger partial charge in [-0.3, -0.25) is 4.79 Å². The van der Waals surface area contributed by atoms with E-state index in [2.05, 4.69) is 5.32 Å². The second-order valence-corrected chi connectivity index (χ2v) is 4.91. The van der Waals surface area contributed by atoms with E-state index < -0.39 is 15.9 Å². The van der Waals surface area contributed by atoms with Crippen LogP contribution in [0.4, 0.5) is 5.69 Å². The van der Waals surface area contributed by atoms with Crippen molar-refractivity contribution in [2.24, 2.45) is 0 Å². The summed E-state index contributed by atoms with van der Waals surface area (Å²) in [5.41, 5.74) is 5.85. The Kier molecular flexibility index (Phi) is 6.22. The summed E-state index contributed by atoms with van der Waals surface area (Å²) < 4.78 is 24.6. The smallest absolute Gasteiger partial charge is 0.264 e. The molecule has 0 fully saturated rings. The highest BCUT2D eigenvalue weighted by molar-refractivity contribution is 7.90. The van der Waals surface area contributed by atoms with Gasteiger partial charge in [0.2, 0.25) is 5.91 Å². The fourth-order valence-electron chi connectivity index (χ4n) is 0.895. The normalized spacial score (nSPS) is 10.1. The minimum Gasteiger partial charge on any atom is -0.399 e. The van der Waals surface area contributed by atoms with Crippen molar-refractivity contribution in [3.05, 3.63) is 24.3 Å². The number of anilines is 1. The van der Waals surface area contributed by atoms with Gasteiger partial charge in [-0.2, -0.15) is 0 Å². The van der Waals surface area contributed by atoms with Crippen molar-refractivity contribution in [1.29, 1.82) is 0 Å². The Morgan fingerprint density at radius 3 is 1.94 bits per heavy atom. The number of carbonyl (C=O) groups excluding carboxylic acids is 1. The molecule has 1 aromatic carbocycles. The number of hydrogen-bond donors (Lipinski definition) is 3. The van der Waals surface area contributed by atoms with Crippen molar-refractivity contribution < 1.29 is 13.2 Å². The maximum atomic E-state index is 11.4. The lowest BCUT2D eigenvalue weighted by molar-refractivity contribution is -0.117. The summed E-state index contributed by atoms with van der Waals surface area (Å²) in [5.74, 6) is -0.623. The number of carbonyl (C=O) groups is 1. The molecule has 0 saturated carbocycles. The average molecular weight is 259 g/mol. The molecule has 0 aliphatic rings. The van der Waals surface area contributed by atoms with E-state index in [1.54, 1.807) is 0 Å². The van der Waals surface area contributed by atoms with E-state index in [-0.39, 0.29) is 4.90 Å². The van der Waals surface area contributed by atoms with Gasteiger partial charge in [0.05, 0.1) is 4.90 Å². The van der Waals surface area contributed by atoms with Crippen LogP contribution in [0.5, 0.6) is 0 Å². The van der Waals surface area contributed by atoms with Gasteiger partial charge in [0.15, 0.2) is 0 Å². The summed E-state index contributed by atoms with van der Waals surface area (Å²) in [4.78, 5) is 10.6. The number of nitrogen functional groups attached to an aromatic ring is 1. The van der Waals surface area contributed by atoms with Crippen LogP contribution < -0.4 is 15.8 Å². The molecule has 0 aromatic heterocycles. The van der Waals surface area contributed by atoms with Crippen LogP contribution in [0.1, 0.15) is 6.92 Å². The van der Waals surface area contributed by atoms with Crippen molar-refractivity contribution in [2.45, 2.75) is 11.8 Å². The lowest BCUT2D eigenvalue weighted by Gasteiger charge is -2.04. The van der Waals surface area contributed by atoms with Crippen LogP contribution >= 0.6 is 0 Å². The molecule has 17 heavy (non-hydrogen) atoms. The van der Waals surface area contributed by atoms with Crippen molar-refractivity contribution in [3.8, 4) is 0 Å². The molecule has 0 spiro atoms. The minimum atomic E-state index is -3.73. The third-order valence-electron chi connectivity index (χ3n) is 1.47. The fraction of sp³-hybridized carbons (Fsp3) is 0.300. The van der Waals surface area contributed by atoms with E-state index in [0.29, 0.717) is 5.69 Å². The Morgan fingerprint density at radius 1 is 1.18 bits per heavy atom. The fourth-order valence-corrected chi connectivity index (χ4v) is 1.89. The number of amides is 1. The van der Waals surface area contributed by atoms with Crippen LogP contribution in [0.3, 0.4) is 0 Å². The summed E-state index contributed by atoms with van der Waals surface area (Å²) in [6.45, 7) is 1.13. The SMILES string of the molecule is CC(=O)NS(=O)(=O)c1ccc(N)cc1.CNC. The number of nitrogens with two attached hydrogens (primary N) is 1. The second kappa shape index (κ2) is 6.87. The number of benzene rings is 1. The van der Waals surface area contributed by atoms with Crippen molar-refractivity contribution >= 4 is 21.6 Å². The summed E-state index contributed by atoms with van der Waals surface area (Å²) in [6, 6.07) is 5.57. The molecule has 1 aromatic rings. The van der Waals surface area contributed by atoms with Gasteiger partial charge in [-0.05, 0) is 38.4 Å². The molecule has 1 rings (SSSR count). The maximum absolute atomic E-state index is 11.4. The van der Waals surface area contributed by atoms with Crippen LogP contribution in [0.2, 0.25) is 0 Å². The van der Waals surface area contributed by atoms with Gasteiger partial charge in [0.1, 0.15) is 0 Å². The van der Waals surface area contributed by atoms with Gasteiger partial charge >= 0.3 is 0 Å². The number of sulfonamides is 1. The molecule has 0 heterocycles. The predicted octanol–water partition coefficient (Wildman–Crippen LogP) is -0.0708. The van der Waals surface area contributed by atoms with E-state index in [1.165, 1.54) is 24.3 Å². The van der Waals surface area contributed by atoms with Gasteiger partial charge in [-0.1, -0.05) is 0 Å². The molecule has 0 atom stereocenters. The first kappa shape index (κ1) is 15.4. The minimum absolute atomic E-state index is 0.0156. The first-order valence-electron chi connectivity index (χ1n) is 4.81. The van der Waals surface area contributed by atoms with Gasteiger partial charge in [-0.25, -0.2) is 13.1 Å². The quantitative estimate of drug-likeness (QED) is 0.645. The van der Waals surface area contributed by atoms with Gasteiger partial charge < -0.3 is 11.1 Å². The zero-order valence-corrected chi connectivity index (χ0v) is 10.8. The molecule has 96 valence electrons. The van der Waals surface area contributed by atoms with Crippen LogP contribution in [-0.2, 0) is 14.8 Å². The van der Waals surface area contributed by atoms with Gasteiger partial charge in [-0.15, -0.1) is 0 Å². The topological polar surface area (TPSA) is 101 Å². The predicted molar refractivity (Wildman–Crippen MR) is 66.8 cm³/mol. The highest BCUT2D eigenvalue weighted by atomic mass is 32.2. The Hall–Kier alpha value is -1.60. The molecular weight excluding hydrogens is 242 g/mol. The molecule has 0 aliphatic heterocycles. The molecule has 1 amide bonds. The third kappa shape index (κ3) is 5.88. The number of rotatable bonds is 2. The van der Waals surface area contributed by atoms with E-state index in [0.717, 1.165) is 6.92 Å². The third-order valence-corrected chi connectivity index (χ3v) is 2.92. The maximum Gasteiger partial charge on any atom is 0.264 e. The van der Waals surface area contributed by atoms with Crippen LogP contribution in [0, 0.1) is 0 Å². The van der Waals surface area contributed by atoms with Crippen LogP contribution in [0.15, 0.2) is 29.2 Å². The Bertz CT molecular complexity index is 454. The Morgan fingerprint density at radius 2 is 1.59 bits per heavy atom. The molecule has 0 radical (unpaired) electrons. The van der Waals surface area contributed by atoms with Crippen LogP contribution in [0.25, 0.3) is 0 Å². The molecule has 0 saturated heterocycles. The van der Waals surface area contributed by atoms with Crippen LogP contribution in [-0.4, -0.2) is 28.4 Å². The molecule has 0 bridgehead atoms. The van der Waals surface area contributed by atoms with Crippen molar-refractivity contribution in [2.75, 3.05) is 19.8 Å². The lowest BCUT2D eigenvalue weighted by atomic mass is 10.3. The Labute approximate surface area is 101 Å².